The number of fused-ring (bicyclic) bond motifs is 1. The molecular weight excluding hydrogens is 230 g/mol. The number of anilines is 1. The standard InChI is InChI=1S/C14H17NO3/c1-3-7-15-12-9-11(10(2)16)4-5-13(12)18-8-6-14(15)17/h3-5,9-10,16H,1,6-8H2,2H3. The summed E-state index contributed by atoms with van der Waals surface area (Å²) in [6, 6.07) is 5.41. The van der Waals surface area contributed by atoms with Gasteiger partial charge in [0, 0.05) is 6.54 Å². The Balaban J connectivity index is 2.47. The second-order valence-corrected chi connectivity index (χ2v) is 4.29. The van der Waals surface area contributed by atoms with E-state index in [0.29, 0.717) is 31.0 Å². The van der Waals surface area contributed by atoms with Crippen LogP contribution < -0.4 is 9.64 Å². The van der Waals surface area contributed by atoms with Gasteiger partial charge in [-0.05, 0) is 24.6 Å². The Morgan fingerprint density at radius 2 is 2.39 bits per heavy atom. The molecule has 0 fully saturated rings. The first-order valence-corrected chi connectivity index (χ1v) is 5.99. The van der Waals surface area contributed by atoms with E-state index in [0.717, 1.165) is 5.56 Å². The monoisotopic (exact) mass is 247 g/mol. The first-order chi connectivity index (χ1) is 8.63. The molecule has 1 unspecified atom stereocenters. The highest BCUT2D eigenvalue weighted by atomic mass is 16.5. The third-order valence-corrected chi connectivity index (χ3v) is 2.94. The molecule has 0 saturated carbocycles. The molecule has 1 atom stereocenters. The zero-order chi connectivity index (χ0) is 13.1. The maximum absolute atomic E-state index is 12.0. The van der Waals surface area contributed by atoms with Gasteiger partial charge in [0.1, 0.15) is 5.75 Å². The van der Waals surface area contributed by atoms with Crippen LogP contribution in [0.2, 0.25) is 0 Å². The van der Waals surface area contributed by atoms with Gasteiger partial charge in [-0.15, -0.1) is 6.58 Å². The van der Waals surface area contributed by atoms with Gasteiger partial charge in [-0.1, -0.05) is 12.1 Å². The average molecular weight is 247 g/mol. The highest BCUT2D eigenvalue weighted by molar-refractivity contribution is 5.96. The lowest BCUT2D eigenvalue weighted by Gasteiger charge is -2.21. The number of carbonyl (C=O) groups excluding carboxylic acids is 1. The fourth-order valence-electron chi connectivity index (χ4n) is 1.97. The van der Waals surface area contributed by atoms with Gasteiger partial charge in [0.15, 0.2) is 0 Å². The lowest BCUT2D eigenvalue weighted by atomic mass is 10.1. The Morgan fingerprint density at radius 1 is 1.61 bits per heavy atom. The van der Waals surface area contributed by atoms with Crippen molar-refractivity contribution < 1.29 is 14.6 Å². The number of amides is 1. The van der Waals surface area contributed by atoms with Crippen LogP contribution in [0.25, 0.3) is 0 Å². The quantitative estimate of drug-likeness (QED) is 0.831. The Hall–Kier alpha value is -1.81. The minimum atomic E-state index is -0.570. The summed E-state index contributed by atoms with van der Waals surface area (Å²) < 4.78 is 5.55. The number of hydrogen-bond acceptors (Lipinski definition) is 3. The number of nitrogens with zero attached hydrogens (tertiary/aromatic N) is 1. The van der Waals surface area contributed by atoms with Crippen LogP contribution in [0.3, 0.4) is 0 Å². The summed E-state index contributed by atoms with van der Waals surface area (Å²) in [5.74, 6) is 0.684. The van der Waals surface area contributed by atoms with Crippen molar-refractivity contribution in [3.8, 4) is 5.75 Å². The largest absolute Gasteiger partial charge is 0.491 e. The fraction of sp³-hybridized carbons (Fsp3) is 0.357. The number of rotatable bonds is 3. The molecule has 0 saturated heterocycles. The van der Waals surface area contributed by atoms with Gasteiger partial charge in [-0.2, -0.15) is 0 Å². The smallest absolute Gasteiger partial charge is 0.230 e. The van der Waals surface area contributed by atoms with E-state index in [-0.39, 0.29) is 5.91 Å². The van der Waals surface area contributed by atoms with Crippen molar-refractivity contribution in [1.82, 2.24) is 0 Å². The average Bonchev–Trinajstić information content (AvgIpc) is 2.50. The van der Waals surface area contributed by atoms with Gasteiger partial charge >= 0.3 is 0 Å². The highest BCUT2D eigenvalue weighted by Gasteiger charge is 2.23. The Morgan fingerprint density at radius 3 is 3.06 bits per heavy atom. The van der Waals surface area contributed by atoms with E-state index in [2.05, 4.69) is 6.58 Å². The van der Waals surface area contributed by atoms with Crippen LogP contribution in [-0.2, 0) is 4.79 Å². The molecule has 0 aliphatic carbocycles. The minimum Gasteiger partial charge on any atom is -0.491 e. The molecule has 0 radical (unpaired) electrons. The predicted octanol–water partition coefficient (Wildman–Crippen LogP) is 2.04. The van der Waals surface area contributed by atoms with Gasteiger partial charge in [0.05, 0.1) is 24.8 Å². The van der Waals surface area contributed by atoms with Crippen molar-refractivity contribution >= 4 is 11.6 Å². The lowest BCUT2D eigenvalue weighted by molar-refractivity contribution is -0.118. The molecule has 2 rings (SSSR count). The van der Waals surface area contributed by atoms with E-state index in [9.17, 15) is 9.90 Å². The first kappa shape index (κ1) is 12.6. The molecule has 1 aromatic carbocycles. The molecule has 18 heavy (non-hydrogen) atoms. The second kappa shape index (κ2) is 5.23. The molecule has 1 amide bonds. The van der Waals surface area contributed by atoms with E-state index >= 15 is 0 Å². The first-order valence-electron chi connectivity index (χ1n) is 5.99. The zero-order valence-electron chi connectivity index (χ0n) is 10.4. The van der Waals surface area contributed by atoms with Crippen molar-refractivity contribution in [1.29, 1.82) is 0 Å². The molecule has 1 heterocycles. The summed E-state index contributed by atoms with van der Waals surface area (Å²) in [5, 5.41) is 9.61. The summed E-state index contributed by atoms with van der Waals surface area (Å²) in [4.78, 5) is 13.6. The van der Waals surface area contributed by atoms with E-state index in [1.807, 2.05) is 6.07 Å². The number of aliphatic hydroxyl groups excluding tert-OH is 1. The van der Waals surface area contributed by atoms with Gasteiger partial charge < -0.3 is 14.7 Å². The predicted molar refractivity (Wildman–Crippen MR) is 69.7 cm³/mol. The third-order valence-electron chi connectivity index (χ3n) is 2.94. The van der Waals surface area contributed by atoms with Gasteiger partial charge in [-0.25, -0.2) is 0 Å². The van der Waals surface area contributed by atoms with Crippen LogP contribution in [0.5, 0.6) is 5.75 Å². The molecule has 1 N–H and O–H groups in total. The molecule has 1 aromatic rings. The second-order valence-electron chi connectivity index (χ2n) is 4.29. The molecule has 0 spiro atoms. The fourth-order valence-corrected chi connectivity index (χ4v) is 1.97. The van der Waals surface area contributed by atoms with E-state index < -0.39 is 6.10 Å². The molecule has 4 heteroatoms. The van der Waals surface area contributed by atoms with Crippen LogP contribution in [0.4, 0.5) is 5.69 Å². The number of carbonyl (C=O) groups is 1. The van der Waals surface area contributed by atoms with E-state index in [4.69, 9.17) is 4.74 Å². The minimum absolute atomic E-state index is 0.0105. The Bertz CT molecular complexity index is 468. The van der Waals surface area contributed by atoms with Crippen molar-refractivity contribution in [3.63, 3.8) is 0 Å². The molecule has 0 aromatic heterocycles. The van der Waals surface area contributed by atoms with Crippen molar-refractivity contribution in [2.24, 2.45) is 0 Å². The summed E-state index contributed by atoms with van der Waals surface area (Å²) in [6.07, 6.45) is 1.47. The molecule has 96 valence electrons. The number of ether oxygens (including phenoxy) is 1. The summed E-state index contributed by atoms with van der Waals surface area (Å²) >= 11 is 0. The highest BCUT2D eigenvalue weighted by Crippen LogP contribution is 2.33. The summed E-state index contributed by atoms with van der Waals surface area (Å²) in [7, 11) is 0. The van der Waals surface area contributed by atoms with Gasteiger partial charge in [0.25, 0.3) is 0 Å². The van der Waals surface area contributed by atoms with Crippen LogP contribution in [0.15, 0.2) is 30.9 Å². The van der Waals surface area contributed by atoms with Crippen molar-refractivity contribution in [2.75, 3.05) is 18.1 Å². The Kier molecular flexibility index (Phi) is 3.67. The molecule has 1 aliphatic rings. The van der Waals surface area contributed by atoms with Crippen LogP contribution >= 0.6 is 0 Å². The van der Waals surface area contributed by atoms with Gasteiger partial charge in [0.2, 0.25) is 5.91 Å². The van der Waals surface area contributed by atoms with E-state index in [1.165, 1.54) is 0 Å². The summed E-state index contributed by atoms with van der Waals surface area (Å²) in [6.45, 7) is 6.18. The molecule has 4 nitrogen and oxygen atoms in total. The molecule has 0 bridgehead atoms. The normalized spacial score (nSPS) is 16.6. The van der Waals surface area contributed by atoms with Crippen molar-refractivity contribution in [3.05, 3.63) is 36.4 Å². The van der Waals surface area contributed by atoms with E-state index in [1.54, 1.807) is 30.0 Å². The molecule has 1 aliphatic heterocycles. The Labute approximate surface area is 106 Å². The lowest BCUT2D eigenvalue weighted by Crippen LogP contribution is -2.30. The topological polar surface area (TPSA) is 49.8 Å². The zero-order valence-corrected chi connectivity index (χ0v) is 10.4. The SMILES string of the molecule is C=CCN1C(=O)CCOc2ccc(C(C)O)cc21. The maximum atomic E-state index is 12.0. The van der Waals surface area contributed by atoms with Crippen molar-refractivity contribution in [2.45, 2.75) is 19.4 Å². The van der Waals surface area contributed by atoms with Crippen LogP contribution in [0, 0.1) is 0 Å². The van der Waals surface area contributed by atoms with Crippen LogP contribution in [0.1, 0.15) is 25.0 Å². The number of benzene rings is 1. The van der Waals surface area contributed by atoms with Gasteiger partial charge in [-0.3, -0.25) is 4.79 Å². The number of aliphatic hydroxyl groups is 1. The summed E-state index contributed by atoms with van der Waals surface area (Å²) in [5.41, 5.74) is 1.47. The molecular formula is C14H17NO3. The maximum Gasteiger partial charge on any atom is 0.230 e. The number of hydrogen-bond donors (Lipinski definition) is 1. The third kappa shape index (κ3) is 2.38. The van der Waals surface area contributed by atoms with Crippen LogP contribution in [-0.4, -0.2) is 24.2 Å².